The third-order valence-corrected chi connectivity index (χ3v) is 3.88. The second kappa shape index (κ2) is 5.47. The van der Waals surface area contributed by atoms with Crippen molar-refractivity contribution in [3.05, 3.63) is 50.6 Å². The zero-order valence-electron chi connectivity index (χ0n) is 9.27. The van der Waals surface area contributed by atoms with Gasteiger partial charge in [-0.1, -0.05) is 6.07 Å². The molecule has 17 heavy (non-hydrogen) atoms. The molecule has 1 heterocycles. The number of rotatable bonds is 4. The molecule has 2 rings (SSSR count). The monoisotopic (exact) mass is 310 g/mol. The van der Waals surface area contributed by atoms with E-state index in [4.69, 9.17) is 4.74 Å². The van der Waals surface area contributed by atoms with E-state index in [1.807, 2.05) is 17.5 Å². The average Bonchev–Trinajstić information content (AvgIpc) is 2.81. The predicted octanol–water partition coefficient (Wildman–Crippen LogP) is 3.94. The van der Waals surface area contributed by atoms with Crippen LogP contribution in [0.25, 0.3) is 0 Å². The Hall–Kier alpha value is -1.13. The molecule has 0 bridgehead atoms. The van der Waals surface area contributed by atoms with Crippen molar-refractivity contribution < 1.29 is 9.53 Å². The standard InChI is InChI=1S/C13H11BrO2S/c1-16-13-5-4-9(7-11(13)14)12(15)8-10-3-2-6-17-10/h2-7H,8H2,1H3. The van der Waals surface area contributed by atoms with Crippen LogP contribution >= 0.6 is 27.3 Å². The third-order valence-electron chi connectivity index (χ3n) is 2.39. The molecule has 0 aliphatic rings. The summed E-state index contributed by atoms with van der Waals surface area (Å²) in [4.78, 5) is 13.1. The normalized spacial score (nSPS) is 10.2. The van der Waals surface area contributed by atoms with Gasteiger partial charge in [0.15, 0.2) is 5.78 Å². The van der Waals surface area contributed by atoms with Gasteiger partial charge in [-0.05, 0) is 45.6 Å². The van der Waals surface area contributed by atoms with E-state index < -0.39 is 0 Å². The minimum atomic E-state index is 0.121. The Morgan fingerprint density at radius 2 is 2.24 bits per heavy atom. The maximum Gasteiger partial charge on any atom is 0.168 e. The molecule has 4 heteroatoms. The van der Waals surface area contributed by atoms with Gasteiger partial charge in [0.1, 0.15) is 5.75 Å². The van der Waals surface area contributed by atoms with Crippen molar-refractivity contribution in [2.75, 3.05) is 7.11 Å². The summed E-state index contributed by atoms with van der Waals surface area (Å²) < 4.78 is 5.93. The highest BCUT2D eigenvalue weighted by molar-refractivity contribution is 9.10. The van der Waals surface area contributed by atoms with Crippen LogP contribution in [0.4, 0.5) is 0 Å². The number of Topliss-reactive ketones (excluding diaryl/α,β-unsaturated/α-hetero) is 1. The lowest BCUT2D eigenvalue weighted by molar-refractivity contribution is 0.0993. The summed E-state index contributed by atoms with van der Waals surface area (Å²) in [6.07, 6.45) is 0.455. The van der Waals surface area contributed by atoms with Gasteiger partial charge in [0.25, 0.3) is 0 Å². The van der Waals surface area contributed by atoms with Crippen molar-refractivity contribution in [3.63, 3.8) is 0 Å². The highest BCUT2D eigenvalue weighted by Crippen LogP contribution is 2.26. The second-order valence-electron chi connectivity index (χ2n) is 3.53. The number of halogens is 1. The first-order valence-electron chi connectivity index (χ1n) is 5.10. The zero-order chi connectivity index (χ0) is 12.3. The Kier molecular flexibility index (Phi) is 3.97. The molecule has 0 saturated heterocycles. The minimum absolute atomic E-state index is 0.121. The van der Waals surface area contributed by atoms with E-state index >= 15 is 0 Å². The largest absolute Gasteiger partial charge is 0.496 e. The summed E-state index contributed by atoms with van der Waals surface area (Å²) in [5.74, 6) is 0.855. The lowest BCUT2D eigenvalue weighted by Gasteiger charge is -2.05. The van der Waals surface area contributed by atoms with Crippen molar-refractivity contribution in [3.8, 4) is 5.75 Å². The third kappa shape index (κ3) is 2.96. The molecule has 0 aliphatic carbocycles. The van der Waals surface area contributed by atoms with Gasteiger partial charge in [0.05, 0.1) is 11.6 Å². The van der Waals surface area contributed by atoms with Gasteiger partial charge < -0.3 is 4.74 Å². The van der Waals surface area contributed by atoms with E-state index in [2.05, 4.69) is 15.9 Å². The van der Waals surface area contributed by atoms with Gasteiger partial charge in [-0.15, -0.1) is 11.3 Å². The Labute approximate surface area is 112 Å². The summed E-state index contributed by atoms with van der Waals surface area (Å²) in [7, 11) is 1.60. The van der Waals surface area contributed by atoms with Crippen LogP contribution in [-0.2, 0) is 6.42 Å². The molecular weight excluding hydrogens is 300 g/mol. The van der Waals surface area contributed by atoms with Crippen LogP contribution in [-0.4, -0.2) is 12.9 Å². The molecule has 0 atom stereocenters. The molecule has 2 nitrogen and oxygen atoms in total. The maximum atomic E-state index is 12.0. The van der Waals surface area contributed by atoms with Gasteiger partial charge >= 0.3 is 0 Å². The number of hydrogen-bond donors (Lipinski definition) is 0. The van der Waals surface area contributed by atoms with Crippen molar-refractivity contribution in [1.82, 2.24) is 0 Å². The quantitative estimate of drug-likeness (QED) is 0.799. The van der Waals surface area contributed by atoms with Gasteiger partial charge in [0, 0.05) is 16.9 Å². The van der Waals surface area contributed by atoms with Crippen LogP contribution in [0.2, 0.25) is 0 Å². The van der Waals surface area contributed by atoms with Crippen molar-refractivity contribution >= 4 is 33.0 Å². The van der Waals surface area contributed by atoms with Crippen LogP contribution < -0.4 is 4.74 Å². The van der Waals surface area contributed by atoms with E-state index in [9.17, 15) is 4.79 Å². The smallest absolute Gasteiger partial charge is 0.168 e. The summed E-state index contributed by atoms with van der Waals surface area (Å²) in [6.45, 7) is 0. The SMILES string of the molecule is COc1ccc(C(=O)Cc2cccs2)cc1Br. The average molecular weight is 311 g/mol. The zero-order valence-corrected chi connectivity index (χ0v) is 11.7. The molecule has 88 valence electrons. The number of hydrogen-bond acceptors (Lipinski definition) is 3. The molecule has 0 fully saturated rings. The molecule has 1 aromatic heterocycles. The number of benzene rings is 1. The van der Waals surface area contributed by atoms with Crippen molar-refractivity contribution in [2.45, 2.75) is 6.42 Å². The number of thiophene rings is 1. The second-order valence-corrected chi connectivity index (χ2v) is 5.42. The highest BCUT2D eigenvalue weighted by Gasteiger charge is 2.10. The first kappa shape index (κ1) is 12.3. The first-order chi connectivity index (χ1) is 8.20. The lowest BCUT2D eigenvalue weighted by atomic mass is 10.1. The molecule has 1 aromatic carbocycles. The fourth-order valence-corrected chi connectivity index (χ4v) is 2.76. The van der Waals surface area contributed by atoms with Gasteiger partial charge in [-0.2, -0.15) is 0 Å². The van der Waals surface area contributed by atoms with E-state index in [0.717, 1.165) is 15.1 Å². The Bertz CT molecular complexity index is 520. The highest BCUT2D eigenvalue weighted by atomic mass is 79.9. The number of carbonyl (C=O) groups excluding carboxylic acids is 1. The molecule has 0 radical (unpaired) electrons. The number of carbonyl (C=O) groups is 1. The lowest BCUT2D eigenvalue weighted by Crippen LogP contribution is -2.02. The maximum absolute atomic E-state index is 12.0. The predicted molar refractivity (Wildman–Crippen MR) is 73.0 cm³/mol. The van der Waals surface area contributed by atoms with E-state index in [0.29, 0.717) is 12.0 Å². The summed E-state index contributed by atoms with van der Waals surface area (Å²) in [5, 5.41) is 1.98. The van der Waals surface area contributed by atoms with Gasteiger partial charge in [-0.3, -0.25) is 4.79 Å². The summed E-state index contributed by atoms with van der Waals surface area (Å²) in [6, 6.07) is 9.32. The van der Waals surface area contributed by atoms with Crippen molar-refractivity contribution in [1.29, 1.82) is 0 Å². The van der Waals surface area contributed by atoms with Crippen molar-refractivity contribution in [2.24, 2.45) is 0 Å². The summed E-state index contributed by atoms with van der Waals surface area (Å²) in [5.41, 5.74) is 0.700. The van der Waals surface area contributed by atoms with Gasteiger partial charge in [-0.25, -0.2) is 0 Å². The number of ketones is 1. The van der Waals surface area contributed by atoms with Crippen LogP contribution in [0.3, 0.4) is 0 Å². The molecule has 0 amide bonds. The Morgan fingerprint density at radius 3 is 2.82 bits per heavy atom. The molecule has 0 saturated carbocycles. The van der Waals surface area contributed by atoms with Gasteiger partial charge in [0.2, 0.25) is 0 Å². The fraction of sp³-hybridized carbons (Fsp3) is 0.154. The summed E-state index contributed by atoms with van der Waals surface area (Å²) >= 11 is 4.98. The minimum Gasteiger partial charge on any atom is -0.496 e. The van der Waals surface area contributed by atoms with E-state index in [-0.39, 0.29) is 5.78 Å². The Morgan fingerprint density at radius 1 is 1.41 bits per heavy atom. The molecule has 2 aromatic rings. The molecule has 0 N–H and O–H groups in total. The van der Waals surface area contributed by atoms with Crippen LogP contribution in [0, 0.1) is 0 Å². The first-order valence-corrected chi connectivity index (χ1v) is 6.77. The van der Waals surface area contributed by atoms with Crippen LogP contribution in [0.1, 0.15) is 15.2 Å². The Balaban J connectivity index is 2.17. The molecular formula is C13H11BrO2S. The topological polar surface area (TPSA) is 26.3 Å². The van der Waals surface area contributed by atoms with E-state index in [1.54, 1.807) is 36.6 Å². The number of methoxy groups -OCH3 is 1. The number of ether oxygens (including phenoxy) is 1. The molecule has 0 spiro atoms. The molecule has 0 aliphatic heterocycles. The van der Waals surface area contributed by atoms with Crippen LogP contribution in [0.15, 0.2) is 40.2 Å². The van der Waals surface area contributed by atoms with E-state index in [1.165, 1.54) is 0 Å². The fourth-order valence-electron chi connectivity index (χ4n) is 1.51. The molecule has 0 unspecified atom stereocenters. The van der Waals surface area contributed by atoms with Crippen LogP contribution in [0.5, 0.6) is 5.75 Å².